The molecule has 1 aromatic rings. The summed E-state index contributed by atoms with van der Waals surface area (Å²) in [5.74, 6) is -1.91. The van der Waals surface area contributed by atoms with Crippen LogP contribution in [0, 0.1) is 5.92 Å². The minimum absolute atomic E-state index is 0.0503. The van der Waals surface area contributed by atoms with Crippen molar-refractivity contribution in [1.29, 1.82) is 0 Å². The number of anilines is 1. The van der Waals surface area contributed by atoms with Crippen LogP contribution in [0.4, 0.5) is 5.69 Å². The SMILES string of the molecule is CCCNC(=O)CNC(=O)COC(=O)[C@@H]1CC(=O)N(c2ccccc2[C@@H](C)CC)C1. The lowest BCUT2D eigenvalue weighted by Crippen LogP contribution is -2.39. The molecule has 0 radical (unpaired) electrons. The summed E-state index contributed by atoms with van der Waals surface area (Å²) < 4.78 is 5.07. The van der Waals surface area contributed by atoms with E-state index in [4.69, 9.17) is 4.74 Å². The van der Waals surface area contributed by atoms with E-state index in [1.54, 1.807) is 4.90 Å². The highest BCUT2D eigenvalue weighted by molar-refractivity contribution is 6.00. The average molecular weight is 418 g/mol. The Bertz CT molecular complexity index is 780. The summed E-state index contributed by atoms with van der Waals surface area (Å²) in [5.41, 5.74) is 1.89. The van der Waals surface area contributed by atoms with Gasteiger partial charge in [0.2, 0.25) is 11.8 Å². The van der Waals surface area contributed by atoms with Gasteiger partial charge in [0.25, 0.3) is 5.91 Å². The van der Waals surface area contributed by atoms with Gasteiger partial charge in [-0.3, -0.25) is 19.2 Å². The summed E-state index contributed by atoms with van der Waals surface area (Å²) in [6, 6.07) is 7.72. The van der Waals surface area contributed by atoms with Crippen molar-refractivity contribution in [3.63, 3.8) is 0 Å². The molecule has 0 saturated carbocycles. The van der Waals surface area contributed by atoms with Crippen LogP contribution < -0.4 is 15.5 Å². The number of hydrogen-bond acceptors (Lipinski definition) is 5. The first-order valence-corrected chi connectivity index (χ1v) is 10.5. The van der Waals surface area contributed by atoms with Gasteiger partial charge in [-0.25, -0.2) is 0 Å². The second kappa shape index (κ2) is 11.3. The van der Waals surface area contributed by atoms with Crippen LogP contribution in [0.2, 0.25) is 0 Å². The van der Waals surface area contributed by atoms with E-state index < -0.39 is 24.4 Å². The van der Waals surface area contributed by atoms with Crippen LogP contribution >= 0.6 is 0 Å². The summed E-state index contributed by atoms with van der Waals surface area (Å²) in [4.78, 5) is 49.8. The number of rotatable bonds is 10. The van der Waals surface area contributed by atoms with E-state index in [1.807, 2.05) is 31.2 Å². The number of amides is 3. The number of nitrogens with one attached hydrogen (secondary N) is 2. The maximum Gasteiger partial charge on any atom is 0.311 e. The first-order chi connectivity index (χ1) is 14.4. The van der Waals surface area contributed by atoms with Gasteiger partial charge < -0.3 is 20.3 Å². The van der Waals surface area contributed by atoms with Gasteiger partial charge in [-0.15, -0.1) is 0 Å². The quantitative estimate of drug-likeness (QED) is 0.564. The smallest absolute Gasteiger partial charge is 0.311 e. The van der Waals surface area contributed by atoms with Gasteiger partial charge in [0.05, 0.1) is 12.5 Å². The normalized spacial score (nSPS) is 16.8. The van der Waals surface area contributed by atoms with Gasteiger partial charge in [0, 0.05) is 25.2 Å². The number of carbonyl (C=O) groups excluding carboxylic acids is 4. The minimum Gasteiger partial charge on any atom is -0.455 e. The van der Waals surface area contributed by atoms with E-state index in [0.29, 0.717) is 12.5 Å². The molecule has 0 spiro atoms. The van der Waals surface area contributed by atoms with Crippen molar-refractivity contribution in [2.45, 2.75) is 46.0 Å². The molecule has 3 amide bonds. The molecule has 0 unspecified atom stereocenters. The molecule has 1 aliphatic rings. The molecule has 2 N–H and O–H groups in total. The lowest BCUT2D eigenvalue weighted by atomic mass is 9.96. The third kappa shape index (κ3) is 6.30. The highest BCUT2D eigenvalue weighted by Gasteiger charge is 2.37. The molecule has 0 aromatic heterocycles. The molecule has 164 valence electrons. The molecule has 2 rings (SSSR count). The second-order valence-corrected chi connectivity index (χ2v) is 7.51. The van der Waals surface area contributed by atoms with Crippen LogP contribution in [0.25, 0.3) is 0 Å². The third-order valence-corrected chi connectivity index (χ3v) is 5.19. The van der Waals surface area contributed by atoms with Crippen LogP contribution in [0.3, 0.4) is 0 Å². The fraction of sp³-hybridized carbons (Fsp3) is 0.545. The Kier molecular flexibility index (Phi) is 8.83. The van der Waals surface area contributed by atoms with Crippen molar-refractivity contribution in [3.8, 4) is 0 Å². The number of benzene rings is 1. The maximum absolute atomic E-state index is 12.5. The molecule has 8 heteroatoms. The fourth-order valence-electron chi connectivity index (χ4n) is 3.28. The number of esters is 1. The minimum atomic E-state index is -0.622. The van der Waals surface area contributed by atoms with Crippen molar-refractivity contribution < 1.29 is 23.9 Å². The zero-order chi connectivity index (χ0) is 22.1. The van der Waals surface area contributed by atoms with E-state index in [9.17, 15) is 19.2 Å². The van der Waals surface area contributed by atoms with Gasteiger partial charge in [-0.2, -0.15) is 0 Å². The Labute approximate surface area is 177 Å². The summed E-state index contributed by atoms with van der Waals surface area (Å²) in [6.07, 6.45) is 1.79. The van der Waals surface area contributed by atoms with E-state index in [1.165, 1.54) is 0 Å². The molecule has 1 aliphatic heterocycles. The fourth-order valence-corrected chi connectivity index (χ4v) is 3.28. The number of para-hydroxylation sites is 1. The summed E-state index contributed by atoms with van der Waals surface area (Å²) in [5, 5.41) is 5.04. The van der Waals surface area contributed by atoms with Crippen LogP contribution in [-0.2, 0) is 23.9 Å². The van der Waals surface area contributed by atoms with Gasteiger partial charge in [-0.1, -0.05) is 39.0 Å². The molecule has 0 bridgehead atoms. The topological polar surface area (TPSA) is 105 Å². The Morgan fingerprint density at radius 3 is 2.60 bits per heavy atom. The van der Waals surface area contributed by atoms with Gasteiger partial charge in [0.15, 0.2) is 6.61 Å². The zero-order valence-corrected chi connectivity index (χ0v) is 17.9. The molecule has 1 fully saturated rings. The molecular formula is C22H31N3O5. The molecule has 0 aliphatic carbocycles. The van der Waals surface area contributed by atoms with E-state index in [0.717, 1.165) is 24.1 Å². The van der Waals surface area contributed by atoms with E-state index in [2.05, 4.69) is 24.5 Å². The summed E-state index contributed by atoms with van der Waals surface area (Å²) in [6.45, 7) is 6.24. The third-order valence-electron chi connectivity index (χ3n) is 5.19. The Balaban J connectivity index is 1.87. The van der Waals surface area contributed by atoms with Gasteiger partial charge in [-0.05, 0) is 30.4 Å². The zero-order valence-electron chi connectivity index (χ0n) is 17.9. The van der Waals surface area contributed by atoms with Crippen molar-refractivity contribution in [1.82, 2.24) is 10.6 Å². The van der Waals surface area contributed by atoms with Crippen molar-refractivity contribution in [2.24, 2.45) is 5.92 Å². The van der Waals surface area contributed by atoms with Crippen molar-refractivity contribution in [3.05, 3.63) is 29.8 Å². The molecule has 1 aromatic carbocycles. The first-order valence-electron chi connectivity index (χ1n) is 10.5. The van der Waals surface area contributed by atoms with Crippen LogP contribution in [-0.4, -0.2) is 49.9 Å². The highest BCUT2D eigenvalue weighted by atomic mass is 16.5. The van der Waals surface area contributed by atoms with Crippen LogP contribution in [0.15, 0.2) is 24.3 Å². The lowest BCUT2D eigenvalue weighted by molar-refractivity contribution is -0.152. The molecule has 1 heterocycles. The molecular weight excluding hydrogens is 386 g/mol. The lowest BCUT2D eigenvalue weighted by Gasteiger charge is -2.23. The van der Waals surface area contributed by atoms with Gasteiger partial charge >= 0.3 is 5.97 Å². The second-order valence-electron chi connectivity index (χ2n) is 7.51. The maximum atomic E-state index is 12.5. The number of ether oxygens (including phenoxy) is 1. The predicted octanol–water partition coefficient (Wildman–Crippen LogP) is 1.74. The summed E-state index contributed by atoms with van der Waals surface area (Å²) >= 11 is 0. The molecule has 8 nitrogen and oxygen atoms in total. The number of nitrogens with zero attached hydrogens (tertiary/aromatic N) is 1. The van der Waals surface area contributed by atoms with Crippen LogP contribution in [0.1, 0.15) is 51.5 Å². The van der Waals surface area contributed by atoms with E-state index >= 15 is 0 Å². The largest absolute Gasteiger partial charge is 0.455 e. The number of carbonyl (C=O) groups is 4. The first kappa shape index (κ1) is 23.4. The predicted molar refractivity (Wildman–Crippen MR) is 113 cm³/mol. The van der Waals surface area contributed by atoms with Crippen molar-refractivity contribution in [2.75, 3.05) is 31.1 Å². The Morgan fingerprint density at radius 1 is 1.17 bits per heavy atom. The van der Waals surface area contributed by atoms with Crippen molar-refractivity contribution >= 4 is 29.4 Å². The number of hydrogen-bond donors (Lipinski definition) is 2. The average Bonchev–Trinajstić information content (AvgIpc) is 3.15. The highest BCUT2D eigenvalue weighted by Crippen LogP contribution is 2.33. The van der Waals surface area contributed by atoms with E-state index in [-0.39, 0.29) is 31.3 Å². The molecule has 30 heavy (non-hydrogen) atoms. The molecule has 1 saturated heterocycles. The van der Waals surface area contributed by atoms with Crippen LogP contribution in [0.5, 0.6) is 0 Å². The Hall–Kier alpha value is -2.90. The Morgan fingerprint density at radius 2 is 1.90 bits per heavy atom. The monoisotopic (exact) mass is 417 g/mol. The van der Waals surface area contributed by atoms with Gasteiger partial charge in [0.1, 0.15) is 0 Å². The summed E-state index contributed by atoms with van der Waals surface area (Å²) in [7, 11) is 0. The standard InChI is InChI=1S/C22H31N3O5/c1-4-10-23-19(26)12-24-20(27)14-30-22(29)16-11-21(28)25(13-16)18-9-7-6-8-17(18)15(3)5-2/h6-9,15-16H,4-5,10-14H2,1-3H3,(H,23,26)(H,24,27)/t15-,16+/m0/s1. The molecule has 2 atom stereocenters.